The minimum atomic E-state index is 0.00201. The van der Waals surface area contributed by atoms with Crippen LogP contribution in [-0.4, -0.2) is 25.6 Å². The number of fused-ring (bicyclic) bond motifs is 7. The van der Waals surface area contributed by atoms with Crippen LogP contribution in [0.25, 0.3) is 61.4 Å². The fraction of sp³-hybridized carbons (Fsp3) is 0.0444. The van der Waals surface area contributed by atoms with Gasteiger partial charge in [-0.15, -0.1) is 0 Å². The van der Waals surface area contributed by atoms with Crippen molar-refractivity contribution < 1.29 is 0 Å². The third-order valence-electron chi connectivity index (χ3n) is 9.98. The number of aromatic nitrogens is 4. The van der Waals surface area contributed by atoms with Crippen molar-refractivity contribution in [2.45, 2.75) is 12.0 Å². The monoisotopic (exact) mass is 641 g/mol. The van der Waals surface area contributed by atoms with Gasteiger partial charge in [-0.2, -0.15) is 9.97 Å². The number of benzene rings is 6. The van der Waals surface area contributed by atoms with Gasteiger partial charge in [-0.05, 0) is 34.9 Å². The Bertz CT molecular complexity index is 2590. The molecule has 0 bridgehead atoms. The standard InChI is InChI=1S/C45H31N5/c1-4-14-30(15-5-1)31-24-26-33(27-25-31)44-46-43(32-16-6-2-7-17-32)47-45(48-44)50-40-23-13-11-21-36(40)38-29-28-37-35-20-10-12-22-39(35)49(41(37)42(38)50)34-18-8-3-9-19-34/h1-29,36,40H. The molecule has 50 heavy (non-hydrogen) atoms. The van der Waals surface area contributed by atoms with Gasteiger partial charge in [0.2, 0.25) is 5.95 Å². The maximum atomic E-state index is 5.30. The molecule has 1 aliphatic heterocycles. The summed E-state index contributed by atoms with van der Waals surface area (Å²) in [5.41, 5.74) is 10.1. The fourth-order valence-corrected chi connectivity index (χ4v) is 7.70. The largest absolute Gasteiger partial charge is 0.307 e. The van der Waals surface area contributed by atoms with E-state index in [1.807, 2.05) is 24.3 Å². The summed E-state index contributed by atoms with van der Waals surface area (Å²) in [4.78, 5) is 18.0. The summed E-state index contributed by atoms with van der Waals surface area (Å²) in [5, 5.41) is 2.42. The molecular formula is C45H31N5. The second-order valence-electron chi connectivity index (χ2n) is 12.8. The highest BCUT2D eigenvalue weighted by Gasteiger charge is 2.41. The number of hydrogen-bond acceptors (Lipinski definition) is 4. The SMILES string of the molecule is C1=CC2c3ccc4c5ccccc5n(-c5ccccc5)c4c3N(c3nc(-c4ccccc4)nc(-c4ccc(-c5ccccc5)cc4)n3)C2C=C1. The van der Waals surface area contributed by atoms with E-state index in [0.29, 0.717) is 17.6 Å². The first-order valence-electron chi connectivity index (χ1n) is 17.0. The van der Waals surface area contributed by atoms with E-state index in [1.165, 1.54) is 27.4 Å². The highest BCUT2D eigenvalue weighted by Crippen LogP contribution is 2.52. The molecule has 1 aliphatic carbocycles. The molecular weight excluding hydrogens is 611 g/mol. The average Bonchev–Trinajstić information content (AvgIpc) is 3.72. The summed E-state index contributed by atoms with van der Waals surface area (Å²) in [7, 11) is 0. The Hall–Kier alpha value is -6.59. The van der Waals surface area contributed by atoms with E-state index >= 15 is 0 Å². The molecule has 2 aromatic heterocycles. The van der Waals surface area contributed by atoms with Gasteiger partial charge in [0.05, 0.1) is 22.8 Å². The zero-order chi connectivity index (χ0) is 33.0. The van der Waals surface area contributed by atoms with Crippen LogP contribution in [0.15, 0.2) is 176 Å². The maximum Gasteiger partial charge on any atom is 0.234 e. The molecule has 0 fully saturated rings. The van der Waals surface area contributed by atoms with Crippen molar-refractivity contribution in [1.82, 2.24) is 19.5 Å². The molecule has 5 heteroatoms. The van der Waals surface area contributed by atoms with Crippen LogP contribution < -0.4 is 4.90 Å². The molecule has 6 aromatic carbocycles. The van der Waals surface area contributed by atoms with Crippen LogP contribution in [0.1, 0.15) is 11.5 Å². The quantitative estimate of drug-likeness (QED) is 0.188. The van der Waals surface area contributed by atoms with Crippen molar-refractivity contribution >= 4 is 33.4 Å². The molecule has 3 heterocycles. The Kier molecular flexibility index (Phi) is 6.56. The van der Waals surface area contributed by atoms with E-state index in [2.05, 4.69) is 161 Å². The lowest BCUT2D eigenvalue weighted by Gasteiger charge is -2.27. The van der Waals surface area contributed by atoms with E-state index in [1.54, 1.807) is 0 Å². The Morgan fingerprint density at radius 2 is 1.04 bits per heavy atom. The van der Waals surface area contributed by atoms with Gasteiger partial charge in [0, 0.05) is 33.5 Å². The lowest BCUT2D eigenvalue weighted by atomic mass is 9.91. The number of allylic oxidation sites excluding steroid dienone is 2. The average molecular weight is 642 g/mol. The van der Waals surface area contributed by atoms with E-state index in [0.717, 1.165) is 33.6 Å². The van der Waals surface area contributed by atoms with Gasteiger partial charge in [-0.3, -0.25) is 0 Å². The van der Waals surface area contributed by atoms with Gasteiger partial charge >= 0.3 is 0 Å². The molecule has 0 N–H and O–H groups in total. The second-order valence-corrected chi connectivity index (χ2v) is 12.8. The van der Waals surface area contributed by atoms with Gasteiger partial charge in [0.25, 0.3) is 0 Å². The highest BCUT2D eigenvalue weighted by molar-refractivity contribution is 6.15. The second kappa shape index (κ2) is 11.5. The molecule has 2 aliphatic rings. The zero-order valence-corrected chi connectivity index (χ0v) is 27.1. The fourth-order valence-electron chi connectivity index (χ4n) is 7.70. The molecule has 0 saturated carbocycles. The summed E-state index contributed by atoms with van der Waals surface area (Å²) in [5.74, 6) is 2.07. The predicted octanol–water partition coefficient (Wildman–Crippen LogP) is 10.7. The molecule has 236 valence electrons. The number of rotatable bonds is 5. The number of hydrogen-bond donors (Lipinski definition) is 0. The van der Waals surface area contributed by atoms with Gasteiger partial charge in [-0.1, -0.05) is 158 Å². The first-order valence-corrected chi connectivity index (χ1v) is 17.0. The number of anilines is 2. The van der Waals surface area contributed by atoms with Crippen LogP contribution in [0, 0.1) is 0 Å². The Morgan fingerprint density at radius 1 is 0.460 bits per heavy atom. The first kappa shape index (κ1) is 28.4. The van der Waals surface area contributed by atoms with Crippen molar-refractivity contribution in [2.24, 2.45) is 0 Å². The van der Waals surface area contributed by atoms with Crippen LogP contribution in [-0.2, 0) is 0 Å². The van der Waals surface area contributed by atoms with Crippen molar-refractivity contribution in [1.29, 1.82) is 0 Å². The molecule has 2 unspecified atom stereocenters. The van der Waals surface area contributed by atoms with Crippen molar-refractivity contribution in [3.63, 3.8) is 0 Å². The van der Waals surface area contributed by atoms with Crippen molar-refractivity contribution in [3.05, 3.63) is 182 Å². The zero-order valence-electron chi connectivity index (χ0n) is 27.1. The third-order valence-corrected chi connectivity index (χ3v) is 9.98. The first-order chi connectivity index (χ1) is 24.8. The smallest absolute Gasteiger partial charge is 0.234 e. The van der Waals surface area contributed by atoms with Crippen LogP contribution in [0.3, 0.4) is 0 Å². The molecule has 0 spiro atoms. The highest BCUT2D eigenvalue weighted by atomic mass is 15.3. The number of para-hydroxylation sites is 2. The van der Waals surface area contributed by atoms with Crippen LogP contribution >= 0.6 is 0 Å². The Morgan fingerprint density at radius 3 is 1.78 bits per heavy atom. The molecule has 0 radical (unpaired) electrons. The lowest BCUT2D eigenvalue weighted by molar-refractivity contribution is 0.728. The summed E-state index contributed by atoms with van der Waals surface area (Å²) in [6, 6.07) is 53.1. The summed E-state index contributed by atoms with van der Waals surface area (Å²) < 4.78 is 2.41. The van der Waals surface area contributed by atoms with E-state index in [9.17, 15) is 0 Å². The molecule has 0 amide bonds. The predicted molar refractivity (Wildman–Crippen MR) is 204 cm³/mol. The number of nitrogens with zero attached hydrogens (tertiary/aromatic N) is 5. The van der Waals surface area contributed by atoms with Gasteiger partial charge in [0.15, 0.2) is 11.6 Å². The van der Waals surface area contributed by atoms with Crippen LogP contribution in [0.2, 0.25) is 0 Å². The van der Waals surface area contributed by atoms with Gasteiger partial charge in [0.1, 0.15) is 0 Å². The van der Waals surface area contributed by atoms with Crippen LogP contribution in [0.4, 0.5) is 11.6 Å². The normalized spacial score (nSPS) is 16.2. The molecule has 10 rings (SSSR count). The van der Waals surface area contributed by atoms with E-state index in [4.69, 9.17) is 15.0 Å². The molecule has 5 nitrogen and oxygen atoms in total. The third kappa shape index (κ3) is 4.51. The molecule has 2 atom stereocenters. The van der Waals surface area contributed by atoms with Crippen LogP contribution in [0.5, 0.6) is 0 Å². The van der Waals surface area contributed by atoms with E-state index in [-0.39, 0.29) is 12.0 Å². The van der Waals surface area contributed by atoms with Gasteiger partial charge in [-0.25, -0.2) is 4.98 Å². The lowest BCUT2D eigenvalue weighted by Crippen LogP contribution is -2.30. The Balaban J connectivity index is 1.23. The Labute approximate surface area is 290 Å². The van der Waals surface area contributed by atoms with Crippen molar-refractivity contribution in [3.8, 4) is 39.6 Å². The van der Waals surface area contributed by atoms with Crippen molar-refractivity contribution in [2.75, 3.05) is 4.90 Å². The summed E-state index contributed by atoms with van der Waals surface area (Å²) >= 11 is 0. The summed E-state index contributed by atoms with van der Waals surface area (Å²) in [6.45, 7) is 0. The van der Waals surface area contributed by atoms with Gasteiger partial charge < -0.3 is 9.47 Å². The summed E-state index contributed by atoms with van der Waals surface area (Å²) in [6.07, 6.45) is 8.90. The topological polar surface area (TPSA) is 46.8 Å². The minimum absolute atomic E-state index is 0.00201. The molecule has 8 aromatic rings. The maximum absolute atomic E-state index is 5.30. The van der Waals surface area contributed by atoms with E-state index < -0.39 is 0 Å². The minimum Gasteiger partial charge on any atom is -0.307 e. The molecule has 0 saturated heterocycles.